The number of halogens is 3. The van der Waals surface area contributed by atoms with E-state index in [2.05, 4.69) is 0 Å². The predicted octanol–water partition coefficient (Wildman–Crippen LogP) is 4.53. The number of aliphatic hydroxyl groups excluding tert-OH is 1. The number of hydrogen-bond donors (Lipinski definition) is 1. The molecule has 2 rings (SSSR count). The maximum atomic E-state index is 13.4. The van der Waals surface area contributed by atoms with E-state index in [0.717, 1.165) is 11.1 Å². The van der Waals surface area contributed by atoms with Crippen LogP contribution in [0.2, 0.25) is 10.0 Å². The molecule has 0 aliphatic heterocycles. The normalized spacial score (nSPS) is 12.4. The second-order valence-electron chi connectivity index (χ2n) is 4.80. The Balaban J connectivity index is 2.09. The Kier molecular flexibility index (Phi) is 5.41. The molecule has 2 aromatic rings. The zero-order valence-electron chi connectivity index (χ0n) is 10.8. The van der Waals surface area contributed by atoms with Gasteiger partial charge in [-0.15, -0.1) is 0 Å². The molecule has 0 saturated heterocycles. The molecule has 106 valence electrons. The zero-order valence-corrected chi connectivity index (χ0v) is 12.3. The minimum atomic E-state index is -0.432. The average Bonchev–Trinajstić information content (AvgIpc) is 2.44. The molecule has 0 amide bonds. The highest BCUT2D eigenvalue weighted by molar-refractivity contribution is 6.31. The summed E-state index contributed by atoms with van der Waals surface area (Å²) in [5.41, 5.74) is 1.81. The van der Waals surface area contributed by atoms with E-state index < -0.39 is 5.82 Å². The molecule has 0 bridgehead atoms. The Morgan fingerprint density at radius 2 is 1.75 bits per heavy atom. The predicted molar refractivity (Wildman–Crippen MR) is 80.8 cm³/mol. The number of hydrogen-bond acceptors (Lipinski definition) is 1. The maximum Gasteiger partial charge on any atom is 0.142 e. The van der Waals surface area contributed by atoms with Crippen LogP contribution in [-0.4, -0.2) is 11.7 Å². The highest BCUT2D eigenvalue weighted by Gasteiger charge is 2.12. The second kappa shape index (κ2) is 7.07. The van der Waals surface area contributed by atoms with Crippen LogP contribution in [0.4, 0.5) is 4.39 Å². The van der Waals surface area contributed by atoms with Crippen molar-refractivity contribution in [1.82, 2.24) is 0 Å². The molecule has 1 atom stereocenters. The number of rotatable bonds is 5. The van der Waals surface area contributed by atoms with E-state index in [9.17, 15) is 9.50 Å². The van der Waals surface area contributed by atoms with Gasteiger partial charge >= 0.3 is 0 Å². The lowest BCUT2D eigenvalue weighted by Crippen LogP contribution is -2.13. The monoisotopic (exact) mass is 312 g/mol. The fourth-order valence-corrected chi connectivity index (χ4v) is 2.51. The summed E-state index contributed by atoms with van der Waals surface area (Å²) in [5, 5.41) is 10.3. The third kappa shape index (κ3) is 3.95. The van der Waals surface area contributed by atoms with Gasteiger partial charge in [0.05, 0.1) is 5.02 Å². The van der Waals surface area contributed by atoms with Crippen molar-refractivity contribution in [1.29, 1.82) is 0 Å². The van der Waals surface area contributed by atoms with Gasteiger partial charge in [-0.3, -0.25) is 0 Å². The van der Waals surface area contributed by atoms with Crippen LogP contribution >= 0.6 is 23.2 Å². The van der Waals surface area contributed by atoms with E-state index in [1.165, 1.54) is 12.1 Å². The Hall–Kier alpha value is -1.09. The number of aliphatic hydroxyl groups is 1. The highest BCUT2D eigenvalue weighted by atomic mass is 35.5. The Morgan fingerprint density at radius 3 is 2.40 bits per heavy atom. The summed E-state index contributed by atoms with van der Waals surface area (Å²) in [6, 6.07) is 12.3. The van der Waals surface area contributed by atoms with Gasteiger partial charge in [-0.1, -0.05) is 47.5 Å². The smallest absolute Gasteiger partial charge is 0.142 e. The molecule has 0 aliphatic carbocycles. The van der Waals surface area contributed by atoms with Crippen LogP contribution < -0.4 is 0 Å². The van der Waals surface area contributed by atoms with Crippen molar-refractivity contribution in [2.45, 2.75) is 12.8 Å². The first-order chi connectivity index (χ1) is 9.60. The molecule has 0 radical (unpaired) electrons. The lowest BCUT2D eigenvalue weighted by atomic mass is 9.93. The van der Waals surface area contributed by atoms with Crippen molar-refractivity contribution in [2.75, 3.05) is 6.61 Å². The van der Waals surface area contributed by atoms with Gasteiger partial charge < -0.3 is 5.11 Å². The van der Waals surface area contributed by atoms with Crippen LogP contribution in [0, 0.1) is 11.7 Å². The summed E-state index contributed by atoms with van der Waals surface area (Å²) in [4.78, 5) is 0. The minimum Gasteiger partial charge on any atom is -0.396 e. The minimum absolute atomic E-state index is 0.00419. The van der Waals surface area contributed by atoms with Crippen LogP contribution in [0.25, 0.3) is 0 Å². The maximum absolute atomic E-state index is 13.4. The van der Waals surface area contributed by atoms with Crippen LogP contribution in [-0.2, 0) is 12.8 Å². The molecule has 0 aliphatic rings. The molecular weight excluding hydrogens is 298 g/mol. The third-order valence-electron chi connectivity index (χ3n) is 3.23. The third-order valence-corrected chi connectivity index (χ3v) is 3.91. The van der Waals surface area contributed by atoms with E-state index >= 15 is 0 Å². The molecule has 1 N–H and O–H groups in total. The van der Waals surface area contributed by atoms with E-state index in [0.29, 0.717) is 17.9 Å². The average molecular weight is 313 g/mol. The van der Waals surface area contributed by atoms with Crippen molar-refractivity contribution >= 4 is 23.2 Å². The van der Waals surface area contributed by atoms with Crippen molar-refractivity contribution in [3.05, 3.63) is 69.5 Å². The van der Waals surface area contributed by atoms with E-state index in [4.69, 9.17) is 23.2 Å². The molecule has 2 aromatic carbocycles. The molecule has 0 saturated carbocycles. The first-order valence-electron chi connectivity index (χ1n) is 6.38. The van der Waals surface area contributed by atoms with E-state index in [1.807, 2.05) is 24.3 Å². The van der Waals surface area contributed by atoms with Gasteiger partial charge in [0.25, 0.3) is 0 Å². The van der Waals surface area contributed by atoms with Crippen LogP contribution in [0.15, 0.2) is 42.5 Å². The highest BCUT2D eigenvalue weighted by Crippen LogP contribution is 2.22. The van der Waals surface area contributed by atoms with Gasteiger partial charge in [0, 0.05) is 11.6 Å². The zero-order chi connectivity index (χ0) is 14.5. The molecule has 0 spiro atoms. The topological polar surface area (TPSA) is 20.2 Å². The summed E-state index contributed by atoms with van der Waals surface area (Å²) in [7, 11) is 0. The Morgan fingerprint density at radius 1 is 1.00 bits per heavy atom. The van der Waals surface area contributed by atoms with Gasteiger partial charge in [-0.05, 0) is 48.1 Å². The van der Waals surface area contributed by atoms with E-state index in [1.54, 1.807) is 6.07 Å². The fourth-order valence-electron chi connectivity index (χ4n) is 2.18. The quantitative estimate of drug-likeness (QED) is 0.860. The molecule has 0 aromatic heterocycles. The van der Waals surface area contributed by atoms with Gasteiger partial charge in [-0.25, -0.2) is 4.39 Å². The van der Waals surface area contributed by atoms with Gasteiger partial charge in [0.15, 0.2) is 0 Å². The first kappa shape index (κ1) is 15.3. The first-order valence-corrected chi connectivity index (χ1v) is 7.14. The summed E-state index contributed by atoms with van der Waals surface area (Å²) in [6.07, 6.45) is 1.23. The molecule has 0 heterocycles. The Bertz CT molecular complexity index is 586. The summed E-state index contributed by atoms with van der Waals surface area (Å²) < 4.78 is 13.4. The summed E-state index contributed by atoms with van der Waals surface area (Å²) >= 11 is 11.8. The molecule has 1 unspecified atom stereocenters. The number of benzene rings is 2. The largest absolute Gasteiger partial charge is 0.396 e. The SMILES string of the molecule is OCC(Cc1ccc(Cl)c(F)c1)Cc1ccccc1Cl. The molecular formula is C16H15Cl2FO. The summed E-state index contributed by atoms with van der Waals surface area (Å²) in [6.45, 7) is 0.0233. The lowest BCUT2D eigenvalue weighted by Gasteiger charge is -2.15. The standard InChI is InChI=1S/C16H15Cl2FO/c17-14-4-2-1-3-13(14)8-12(10-20)7-11-5-6-15(18)16(19)9-11/h1-6,9,12,20H,7-8,10H2. The molecule has 1 nitrogen and oxygen atoms in total. The van der Waals surface area contributed by atoms with Gasteiger partial charge in [0.1, 0.15) is 5.82 Å². The van der Waals surface area contributed by atoms with Gasteiger partial charge in [-0.2, -0.15) is 0 Å². The lowest BCUT2D eigenvalue weighted by molar-refractivity contribution is 0.225. The van der Waals surface area contributed by atoms with Crippen LogP contribution in [0.3, 0.4) is 0 Å². The molecule has 4 heteroatoms. The van der Waals surface area contributed by atoms with Crippen molar-refractivity contribution in [3.63, 3.8) is 0 Å². The molecule has 0 fully saturated rings. The van der Waals surface area contributed by atoms with Gasteiger partial charge in [0.2, 0.25) is 0 Å². The van der Waals surface area contributed by atoms with Crippen LogP contribution in [0.5, 0.6) is 0 Å². The van der Waals surface area contributed by atoms with Crippen molar-refractivity contribution in [3.8, 4) is 0 Å². The Labute approximate surface area is 128 Å². The van der Waals surface area contributed by atoms with E-state index in [-0.39, 0.29) is 17.5 Å². The summed E-state index contributed by atoms with van der Waals surface area (Å²) in [5.74, 6) is -0.436. The molecule has 20 heavy (non-hydrogen) atoms. The van der Waals surface area contributed by atoms with Crippen LogP contribution in [0.1, 0.15) is 11.1 Å². The van der Waals surface area contributed by atoms with Crippen molar-refractivity contribution in [2.24, 2.45) is 5.92 Å². The van der Waals surface area contributed by atoms with Crippen molar-refractivity contribution < 1.29 is 9.50 Å². The fraction of sp³-hybridized carbons (Fsp3) is 0.250. The second-order valence-corrected chi connectivity index (χ2v) is 5.61.